The number of aryl methyl sites for hydroxylation is 3. The van der Waals surface area contributed by atoms with Crippen LogP contribution in [0, 0.1) is 20.8 Å². The summed E-state index contributed by atoms with van der Waals surface area (Å²) in [5.41, 5.74) is 5.46. The Morgan fingerprint density at radius 1 is 0.880 bits per heavy atom. The fourth-order valence-corrected chi connectivity index (χ4v) is 2.42. The van der Waals surface area contributed by atoms with Gasteiger partial charge in [0, 0.05) is 23.8 Å². The zero-order valence-electron chi connectivity index (χ0n) is 14.5. The van der Waals surface area contributed by atoms with E-state index >= 15 is 0 Å². The van der Waals surface area contributed by atoms with Crippen molar-refractivity contribution >= 4 is 23.2 Å². The van der Waals surface area contributed by atoms with E-state index < -0.39 is 0 Å². The van der Waals surface area contributed by atoms with Crippen molar-refractivity contribution in [1.82, 2.24) is 9.97 Å². The van der Waals surface area contributed by atoms with Gasteiger partial charge < -0.3 is 10.6 Å². The van der Waals surface area contributed by atoms with Crippen molar-refractivity contribution in [3.63, 3.8) is 0 Å². The van der Waals surface area contributed by atoms with Gasteiger partial charge in [0.1, 0.15) is 0 Å². The Balaban J connectivity index is 1.68. The topological polar surface area (TPSA) is 66.9 Å². The molecule has 0 spiro atoms. The van der Waals surface area contributed by atoms with Gasteiger partial charge in [0.05, 0.1) is 5.56 Å². The minimum Gasteiger partial charge on any atom is -0.324 e. The van der Waals surface area contributed by atoms with E-state index in [-0.39, 0.29) is 5.91 Å². The molecule has 2 aromatic carbocycles. The van der Waals surface area contributed by atoms with Crippen LogP contribution in [0.3, 0.4) is 0 Å². The van der Waals surface area contributed by atoms with Crippen molar-refractivity contribution in [3.8, 4) is 0 Å². The molecule has 3 rings (SSSR count). The number of amides is 1. The van der Waals surface area contributed by atoms with Gasteiger partial charge in [-0.05, 0) is 44.5 Å². The number of anilines is 3. The second kappa shape index (κ2) is 7.13. The van der Waals surface area contributed by atoms with Gasteiger partial charge in [-0.3, -0.25) is 4.79 Å². The van der Waals surface area contributed by atoms with Gasteiger partial charge in [-0.15, -0.1) is 0 Å². The molecule has 0 atom stereocenters. The molecule has 0 aliphatic heterocycles. The molecule has 0 unspecified atom stereocenters. The minimum absolute atomic E-state index is 0.228. The molecule has 0 aliphatic carbocycles. The Bertz CT molecular complexity index is 887. The quantitative estimate of drug-likeness (QED) is 0.743. The molecule has 5 nitrogen and oxygen atoms in total. The van der Waals surface area contributed by atoms with Gasteiger partial charge in [0.15, 0.2) is 0 Å². The number of nitrogens with zero attached hydrogens (tertiary/aromatic N) is 2. The molecule has 0 aliphatic rings. The van der Waals surface area contributed by atoms with Crippen LogP contribution in [0.4, 0.5) is 17.3 Å². The Hall–Kier alpha value is -3.21. The average Bonchev–Trinajstić information content (AvgIpc) is 2.60. The maximum atomic E-state index is 12.3. The van der Waals surface area contributed by atoms with Crippen LogP contribution in [0.2, 0.25) is 0 Å². The molecule has 0 bridgehead atoms. The van der Waals surface area contributed by atoms with Crippen molar-refractivity contribution in [2.24, 2.45) is 0 Å². The number of carbonyl (C=O) groups excluding carboxylic acids is 1. The van der Waals surface area contributed by atoms with Crippen molar-refractivity contribution in [2.75, 3.05) is 10.6 Å². The number of nitrogens with one attached hydrogen (secondary N) is 2. The van der Waals surface area contributed by atoms with E-state index in [0.29, 0.717) is 11.5 Å². The smallest absolute Gasteiger partial charge is 0.258 e. The van der Waals surface area contributed by atoms with E-state index in [4.69, 9.17) is 0 Å². The lowest BCUT2D eigenvalue weighted by Gasteiger charge is -2.09. The van der Waals surface area contributed by atoms with E-state index in [2.05, 4.69) is 20.6 Å². The predicted octanol–water partition coefficient (Wildman–Crippen LogP) is 4.40. The molecule has 0 fully saturated rings. The first kappa shape index (κ1) is 16.6. The highest BCUT2D eigenvalue weighted by Gasteiger charge is 2.09. The van der Waals surface area contributed by atoms with Crippen LogP contribution in [-0.2, 0) is 0 Å². The number of carbonyl (C=O) groups is 1. The lowest BCUT2D eigenvalue weighted by molar-refractivity contribution is 0.102. The van der Waals surface area contributed by atoms with Crippen LogP contribution in [0.15, 0.2) is 54.9 Å². The second-order valence-electron chi connectivity index (χ2n) is 6.06. The number of rotatable bonds is 4. The van der Waals surface area contributed by atoms with Gasteiger partial charge >= 0.3 is 0 Å². The van der Waals surface area contributed by atoms with Crippen molar-refractivity contribution in [3.05, 3.63) is 77.1 Å². The van der Waals surface area contributed by atoms with Crippen LogP contribution in [0.25, 0.3) is 0 Å². The van der Waals surface area contributed by atoms with Gasteiger partial charge in [-0.1, -0.05) is 35.4 Å². The summed E-state index contributed by atoms with van der Waals surface area (Å²) in [6.45, 7) is 6.02. The molecule has 126 valence electrons. The van der Waals surface area contributed by atoms with Crippen molar-refractivity contribution in [2.45, 2.75) is 20.8 Å². The summed E-state index contributed by atoms with van der Waals surface area (Å²) in [6.07, 6.45) is 3.03. The van der Waals surface area contributed by atoms with Crippen LogP contribution in [0.5, 0.6) is 0 Å². The molecular formula is C20H20N4O. The Kier molecular flexibility index (Phi) is 4.75. The first-order valence-electron chi connectivity index (χ1n) is 8.05. The fourth-order valence-electron chi connectivity index (χ4n) is 2.42. The molecular weight excluding hydrogens is 312 g/mol. The summed E-state index contributed by atoms with van der Waals surface area (Å²) >= 11 is 0. The molecule has 25 heavy (non-hydrogen) atoms. The largest absolute Gasteiger partial charge is 0.324 e. The highest BCUT2D eigenvalue weighted by Crippen LogP contribution is 2.17. The summed E-state index contributed by atoms with van der Waals surface area (Å²) in [5.74, 6) is 0.223. The first-order valence-corrected chi connectivity index (χ1v) is 8.05. The summed E-state index contributed by atoms with van der Waals surface area (Å²) in [4.78, 5) is 20.8. The molecule has 0 saturated heterocycles. The summed E-state index contributed by atoms with van der Waals surface area (Å²) in [7, 11) is 0. The molecule has 5 heteroatoms. The zero-order valence-corrected chi connectivity index (χ0v) is 14.5. The van der Waals surface area contributed by atoms with Gasteiger partial charge in [0.2, 0.25) is 5.95 Å². The van der Waals surface area contributed by atoms with E-state index in [9.17, 15) is 4.79 Å². The number of aromatic nitrogens is 2. The maximum Gasteiger partial charge on any atom is 0.258 e. The molecule has 2 N–H and O–H groups in total. The Labute approximate surface area is 147 Å². The third-order valence-corrected chi connectivity index (χ3v) is 3.85. The van der Waals surface area contributed by atoms with Gasteiger partial charge in [-0.25, -0.2) is 9.97 Å². The SMILES string of the molecule is Cc1ccc(Nc2ncc(C(=O)Nc3ccc(C)cc3C)cn2)cc1. The van der Waals surface area contributed by atoms with E-state index in [1.165, 1.54) is 18.0 Å². The molecule has 0 radical (unpaired) electrons. The van der Waals surface area contributed by atoms with Crippen LogP contribution < -0.4 is 10.6 Å². The van der Waals surface area contributed by atoms with Gasteiger partial charge in [-0.2, -0.15) is 0 Å². The molecule has 1 aromatic heterocycles. The zero-order chi connectivity index (χ0) is 17.8. The third-order valence-electron chi connectivity index (χ3n) is 3.85. The van der Waals surface area contributed by atoms with Crippen LogP contribution in [0.1, 0.15) is 27.0 Å². The standard InChI is InChI=1S/C20H20N4O/c1-13-4-7-17(8-5-13)23-20-21-11-16(12-22-20)19(25)24-18-9-6-14(2)10-15(18)3/h4-12H,1-3H3,(H,24,25)(H,21,22,23). The lowest BCUT2D eigenvalue weighted by atomic mass is 10.1. The predicted molar refractivity (Wildman–Crippen MR) is 100 cm³/mol. The molecule has 3 aromatic rings. The molecule has 1 amide bonds. The monoisotopic (exact) mass is 332 g/mol. The summed E-state index contributed by atoms with van der Waals surface area (Å²) in [5, 5.41) is 6.00. The third kappa shape index (κ3) is 4.20. The van der Waals surface area contributed by atoms with Gasteiger partial charge in [0.25, 0.3) is 5.91 Å². The Morgan fingerprint density at radius 2 is 1.52 bits per heavy atom. The van der Waals surface area contributed by atoms with Crippen LogP contribution >= 0.6 is 0 Å². The lowest BCUT2D eigenvalue weighted by Crippen LogP contribution is -2.14. The molecule has 1 heterocycles. The Morgan fingerprint density at radius 3 is 2.16 bits per heavy atom. The maximum absolute atomic E-state index is 12.3. The second-order valence-corrected chi connectivity index (χ2v) is 6.06. The average molecular weight is 332 g/mol. The van der Waals surface area contributed by atoms with E-state index in [1.54, 1.807) is 0 Å². The number of hydrogen-bond acceptors (Lipinski definition) is 4. The van der Waals surface area contributed by atoms with E-state index in [0.717, 1.165) is 22.5 Å². The number of hydrogen-bond donors (Lipinski definition) is 2. The van der Waals surface area contributed by atoms with Crippen LogP contribution in [-0.4, -0.2) is 15.9 Å². The fraction of sp³-hybridized carbons (Fsp3) is 0.150. The summed E-state index contributed by atoms with van der Waals surface area (Å²) < 4.78 is 0. The summed E-state index contributed by atoms with van der Waals surface area (Å²) in [6, 6.07) is 13.8. The highest BCUT2D eigenvalue weighted by atomic mass is 16.1. The highest BCUT2D eigenvalue weighted by molar-refractivity contribution is 6.04. The normalized spacial score (nSPS) is 10.4. The number of benzene rings is 2. The minimum atomic E-state index is -0.228. The van der Waals surface area contributed by atoms with Crippen molar-refractivity contribution in [1.29, 1.82) is 0 Å². The first-order chi connectivity index (χ1) is 12.0. The van der Waals surface area contributed by atoms with Crippen molar-refractivity contribution < 1.29 is 4.79 Å². The molecule has 0 saturated carbocycles. The van der Waals surface area contributed by atoms with E-state index in [1.807, 2.05) is 63.2 Å².